The molecule has 0 saturated carbocycles. The van der Waals surface area contributed by atoms with Gasteiger partial charge in [-0.05, 0) is 30.9 Å². The molecule has 2 rings (SSSR count). The maximum Gasteiger partial charge on any atom is 0.149 e. The van der Waals surface area contributed by atoms with Crippen LogP contribution in [0.15, 0.2) is 18.2 Å². The molecule has 0 N–H and O–H groups in total. The zero-order chi connectivity index (χ0) is 11.5. The van der Waals surface area contributed by atoms with E-state index in [1.54, 1.807) is 12.1 Å². The van der Waals surface area contributed by atoms with E-state index < -0.39 is 0 Å². The van der Waals surface area contributed by atoms with Gasteiger partial charge in [0.15, 0.2) is 0 Å². The summed E-state index contributed by atoms with van der Waals surface area (Å²) in [7, 11) is 0. The molecule has 0 spiro atoms. The SMILES string of the molecule is CC1CCN(Oc2ccc(Cl)c(Cl)c2)CC1. The van der Waals surface area contributed by atoms with E-state index in [9.17, 15) is 0 Å². The van der Waals surface area contributed by atoms with Crippen LogP contribution in [-0.4, -0.2) is 18.2 Å². The van der Waals surface area contributed by atoms with E-state index in [1.165, 1.54) is 12.8 Å². The molecule has 0 atom stereocenters. The summed E-state index contributed by atoms with van der Waals surface area (Å²) in [6.45, 7) is 4.22. The zero-order valence-electron chi connectivity index (χ0n) is 9.25. The molecule has 16 heavy (non-hydrogen) atoms. The first-order valence-corrected chi connectivity index (χ1v) is 6.28. The first-order valence-electron chi connectivity index (χ1n) is 5.53. The second kappa shape index (κ2) is 5.26. The van der Waals surface area contributed by atoms with Crippen LogP contribution in [0.2, 0.25) is 10.0 Å². The van der Waals surface area contributed by atoms with Crippen LogP contribution in [0.4, 0.5) is 0 Å². The van der Waals surface area contributed by atoms with Crippen molar-refractivity contribution in [3.63, 3.8) is 0 Å². The number of hydrogen-bond acceptors (Lipinski definition) is 2. The number of benzene rings is 1. The van der Waals surface area contributed by atoms with Crippen molar-refractivity contribution in [1.82, 2.24) is 5.06 Å². The fourth-order valence-corrected chi connectivity index (χ4v) is 2.05. The molecule has 0 unspecified atom stereocenters. The highest BCUT2D eigenvalue weighted by Crippen LogP contribution is 2.27. The van der Waals surface area contributed by atoms with Crippen LogP contribution >= 0.6 is 23.2 Å². The van der Waals surface area contributed by atoms with Crippen molar-refractivity contribution in [3.8, 4) is 5.75 Å². The number of hydroxylamine groups is 2. The van der Waals surface area contributed by atoms with Gasteiger partial charge in [0.05, 0.1) is 10.0 Å². The topological polar surface area (TPSA) is 12.5 Å². The molecular weight excluding hydrogens is 245 g/mol. The Morgan fingerprint density at radius 1 is 1.19 bits per heavy atom. The van der Waals surface area contributed by atoms with Gasteiger partial charge in [0.2, 0.25) is 0 Å². The molecule has 1 fully saturated rings. The molecule has 0 radical (unpaired) electrons. The Morgan fingerprint density at radius 2 is 1.88 bits per heavy atom. The molecule has 1 aromatic rings. The molecule has 1 aliphatic rings. The maximum absolute atomic E-state index is 5.92. The van der Waals surface area contributed by atoms with Crippen molar-refractivity contribution >= 4 is 23.2 Å². The van der Waals surface area contributed by atoms with Gasteiger partial charge >= 0.3 is 0 Å². The van der Waals surface area contributed by atoms with Gasteiger partial charge in [0.1, 0.15) is 5.75 Å². The monoisotopic (exact) mass is 259 g/mol. The van der Waals surface area contributed by atoms with Gasteiger partial charge in [-0.1, -0.05) is 30.1 Å². The van der Waals surface area contributed by atoms with Crippen LogP contribution in [0.25, 0.3) is 0 Å². The van der Waals surface area contributed by atoms with E-state index in [1.807, 2.05) is 11.1 Å². The highest BCUT2D eigenvalue weighted by molar-refractivity contribution is 6.42. The highest BCUT2D eigenvalue weighted by atomic mass is 35.5. The standard InChI is InChI=1S/C12H15Cl2NO/c1-9-4-6-15(7-5-9)16-10-2-3-11(13)12(14)8-10/h2-3,8-9H,4-7H2,1H3. The summed E-state index contributed by atoms with van der Waals surface area (Å²) in [6.07, 6.45) is 2.36. The smallest absolute Gasteiger partial charge is 0.149 e. The van der Waals surface area contributed by atoms with Crippen molar-refractivity contribution in [1.29, 1.82) is 0 Å². The largest absolute Gasteiger partial charge is 0.406 e. The van der Waals surface area contributed by atoms with Crippen molar-refractivity contribution in [3.05, 3.63) is 28.2 Å². The van der Waals surface area contributed by atoms with Gasteiger partial charge in [-0.2, -0.15) is 0 Å². The third-order valence-corrected chi connectivity index (χ3v) is 3.61. The number of hydrogen-bond donors (Lipinski definition) is 0. The van der Waals surface area contributed by atoms with Gasteiger partial charge in [-0.3, -0.25) is 0 Å². The Kier molecular flexibility index (Phi) is 3.95. The summed E-state index contributed by atoms with van der Waals surface area (Å²) in [6, 6.07) is 5.35. The van der Waals surface area contributed by atoms with Crippen LogP contribution in [0, 0.1) is 5.92 Å². The van der Waals surface area contributed by atoms with Gasteiger partial charge < -0.3 is 4.84 Å². The Balaban J connectivity index is 1.96. The van der Waals surface area contributed by atoms with Crippen LogP contribution < -0.4 is 4.84 Å². The Morgan fingerprint density at radius 3 is 2.50 bits per heavy atom. The number of piperidine rings is 1. The van der Waals surface area contributed by atoms with E-state index in [-0.39, 0.29) is 0 Å². The summed E-state index contributed by atoms with van der Waals surface area (Å²) in [5.74, 6) is 1.55. The maximum atomic E-state index is 5.92. The van der Waals surface area contributed by atoms with E-state index in [2.05, 4.69) is 6.92 Å². The van der Waals surface area contributed by atoms with E-state index in [0.717, 1.165) is 24.8 Å². The molecule has 1 aliphatic heterocycles. The number of halogens is 2. The third kappa shape index (κ3) is 3.03. The summed E-state index contributed by atoms with van der Waals surface area (Å²) in [5, 5.41) is 3.07. The Bertz CT molecular complexity index is 362. The van der Waals surface area contributed by atoms with Gasteiger partial charge in [-0.25, -0.2) is 0 Å². The highest BCUT2D eigenvalue weighted by Gasteiger charge is 2.17. The second-order valence-electron chi connectivity index (χ2n) is 4.28. The predicted molar refractivity (Wildman–Crippen MR) is 67.1 cm³/mol. The van der Waals surface area contributed by atoms with Gasteiger partial charge in [0.25, 0.3) is 0 Å². The van der Waals surface area contributed by atoms with Crippen molar-refractivity contribution in [2.75, 3.05) is 13.1 Å². The summed E-state index contributed by atoms with van der Waals surface area (Å²) >= 11 is 11.8. The van der Waals surface area contributed by atoms with Crippen LogP contribution in [0.1, 0.15) is 19.8 Å². The minimum Gasteiger partial charge on any atom is -0.406 e. The first-order chi connectivity index (χ1) is 7.65. The van der Waals surface area contributed by atoms with E-state index in [0.29, 0.717) is 10.0 Å². The van der Waals surface area contributed by atoms with Crippen LogP contribution in [0.3, 0.4) is 0 Å². The molecule has 0 bridgehead atoms. The molecule has 0 aromatic heterocycles. The molecule has 0 aliphatic carbocycles. The zero-order valence-corrected chi connectivity index (χ0v) is 10.8. The second-order valence-corrected chi connectivity index (χ2v) is 5.09. The Hall–Kier alpha value is -0.440. The summed E-state index contributed by atoms with van der Waals surface area (Å²) in [4.78, 5) is 5.73. The van der Waals surface area contributed by atoms with Gasteiger partial charge in [-0.15, -0.1) is 5.06 Å². The summed E-state index contributed by atoms with van der Waals surface area (Å²) in [5.41, 5.74) is 0. The van der Waals surface area contributed by atoms with E-state index in [4.69, 9.17) is 28.0 Å². The van der Waals surface area contributed by atoms with Crippen LogP contribution in [-0.2, 0) is 0 Å². The van der Waals surface area contributed by atoms with Crippen molar-refractivity contribution < 1.29 is 4.84 Å². The lowest BCUT2D eigenvalue weighted by atomic mass is 10.0. The molecule has 1 saturated heterocycles. The number of rotatable bonds is 2. The quantitative estimate of drug-likeness (QED) is 0.796. The normalized spacial score (nSPS) is 18.7. The first kappa shape index (κ1) is 12.0. The Labute approximate surface area is 106 Å². The average Bonchev–Trinajstić information content (AvgIpc) is 2.27. The van der Waals surface area contributed by atoms with Gasteiger partial charge in [0, 0.05) is 19.2 Å². The third-order valence-electron chi connectivity index (χ3n) is 2.87. The van der Waals surface area contributed by atoms with Crippen molar-refractivity contribution in [2.24, 2.45) is 5.92 Å². The molecule has 0 amide bonds. The fraction of sp³-hybridized carbons (Fsp3) is 0.500. The molecular formula is C12H15Cl2NO. The van der Waals surface area contributed by atoms with E-state index >= 15 is 0 Å². The number of nitrogens with zero attached hydrogens (tertiary/aromatic N) is 1. The molecule has 4 heteroatoms. The fourth-order valence-electron chi connectivity index (χ4n) is 1.76. The lowest BCUT2D eigenvalue weighted by molar-refractivity contribution is -0.0801. The molecule has 2 nitrogen and oxygen atoms in total. The minimum atomic E-state index is 0.532. The summed E-state index contributed by atoms with van der Waals surface area (Å²) < 4.78 is 0. The molecule has 88 valence electrons. The predicted octanol–water partition coefficient (Wildman–Crippen LogP) is 4.02. The lowest BCUT2D eigenvalue weighted by Gasteiger charge is -2.29. The molecule has 1 heterocycles. The minimum absolute atomic E-state index is 0.532. The van der Waals surface area contributed by atoms with Crippen LogP contribution in [0.5, 0.6) is 5.75 Å². The lowest BCUT2D eigenvalue weighted by Crippen LogP contribution is -2.35. The molecule has 1 aromatic carbocycles. The van der Waals surface area contributed by atoms with Crippen molar-refractivity contribution in [2.45, 2.75) is 19.8 Å². The average molecular weight is 260 g/mol.